The van der Waals surface area contributed by atoms with Gasteiger partial charge in [0, 0.05) is 25.7 Å². The van der Waals surface area contributed by atoms with E-state index in [1.54, 1.807) is 24.1 Å². The first kappa shape index (κ1) is 13.1. The van der Waals surface area contributed by atoms with Crippen molar-refractivity contribution in [2.45, 2.75) is 13.0 Å². The summed E-state index contributed by atoms with van der Waals surface area (Å²) in [6, 6.07) is 3.29. The molecule has 0 aliphatic carbocycles. The van der Waals surface area contributed by atoms with E-state index in [4.69, 9.17) is 16.3 Å². The van der Waals surface area contributed by atoms with Gasteiger partial charge in [-0.2, -0.15) is 0 Å². The van der Waals surface area contributed by atoms with Crippen LogP contribution < -0.4 is 5.32 Å². The number of nitrogens with one attached hydrogen (secondary N) is 1. The third-order valence-corrected chi connectivity index (χ3v) is 3.02. The molecule has 0 aromatic carbocycles. The molecule has 1 saturated heterocycles. The molecule has 1 amide bonds. The molecule has 1 fully saturated rings. The Bertz CT molecular complexity index is 453. The molecule has 2 heterocycles. The number of pyridine rings is 1. The fourth-order valence-corrected chi connectivity index (χ4v) is 2.14. The molecule has 0 bridgehead atoms. The average Bonchev–Trinajstić information content (AvgIpc) is 2.37. The van der Waals surface area contributed by atoms with E-state index < -0.39 is 0 Å². The van der Waals surface area contributed by atoms with Gasteiger partial charge < -0.3 is 15.0 Å². The number of halogens is 1. The number of amides is 1. The summed E-state index contributed by atoms with van der Waals surface area (Å²) in [6.07, 6.45) is 0.0729. The summed E-state index contributed by atoms with van der Waals surface area (Å²) in [5, 5.41) is 3.20. The standard InChI is InChI=1S/C12H16ClN3O2/c1-8-7-16(3-4-18-8)12(17)9-5-10(13)15-11(6-9)14-2/h5-6,8H,3-4,7H2,1-2H3,(H,14,15). The smallest absolute Gasteiger partial charge is 0.254 e. The van der Waals surface area contributed by atoms with Gasteiger partial charge in [-0.25, -0.2) is 4.98 Å². The highest BCUT2D eigenvalue weighted by Crippen LogP contribution is 2.17. The molecule has 0 saturated carbocycles. The van der Waals surface area contributed by atoms with Crippen molar-refractivity contribution >= 4 is 23.3 Å². The lowest BCUT2D eigenvalue weighted by Gasteiger charge is -2.31. The number of carbonyl (C=O) groups excluding carboxylic acids is 1. The van der Waals surface area contributed by atoms with E-state index in [9.17, 15) is 4.79 Å². The number of rotatable bonds is 2. The Hall–Kier alpha value is -1.33. The predicted molar refractivity (Wildman–Crippen MR) is 70.1 cm³/mol. The van der Waals surface area contributed by atoms with E-state index in [1.165, 1.54) is 0 Å². The van der Waals surface area contributed by atoms with Crippen LogP contribution in [0.1, 0.15) is 17.3 Å². The van der Waals surface area contributed by atoms with Gasteiger partial charge in [-0.05, 0) is 19.1 Å². The summed E-state index contributed by atoms with van der Waals surface area (Å²) in [4.78, 5) is 18.2. The fraction of sp³-hybridized carbons (Fsp3) is 0.500. The van der Waals surface area contributed by atoms with E-state index in [0.29, 0.717) is 36.2 Å². The molecule has 0 radical (unpaired) electrons. The minimum atomic E-state index is -0.0362. The van der Waals surface area contributed by atoms with Gasteiger partial charge in [0.25, 0.3) is 5.91 Å². The minimum absolute atomic E-state index is 0.0362. The molecule has 2 rings (SSSR count). The number of hydrogen-bond acceptors (Lipinski definition) is 4. The zero-order chi connectivity index (χ0) is 13.1. The molecule has 1 atom stereocenters. The van der Waals surface area contributed by atoms with E-state index in [0.717, 1.165) is 0 Å². The highest BCUT2D eigenvalue weighted by Gasteiger charge is 2.23. The van der Waals surface area contributed by atoms with E-state index >= 15 is 0 Å². The van der Waals surface area contributed by atoms with Gasteiger partial charge in [0.2, 0.25) is 0 Å². The SMILES string of the molecule is CNc1cc(C(=O)N2CCOC(C)C2)cc(Cl)n1. The van der Waals surface area contributed by atoms with Crippen molar-refractivity contribution in [3.05, 3.63) is 22.8 Å². The Morgan fingerprint density at radius 3 is 3.06 bits per heavy atom. The molecule has 1 aromatic rings. The van der Waals surface area contributed by atoms with Crippen molar-refractivity contribution in [2.75, 3.05) is 32.1 Å². The van der Waals surface area contributed by atoms with E-state index in [-0.39, 0.29) is 12.0 Å². The topological polar surface area (TPSA) is 54.5 Å². The largest absolute Gasteiger partial charge is 0.375 e. The molecule has 1 N–H and O–H groups in total. The van der Waals surface area contributed by atoms with Crippen LogP contribution in [-0.2, 0) is 4.74 Å². The van der Waals surface area contributed by atoms with Gasteiger partial charge in [0.05, 0.1) is 12.7 Å². The number of morpholine rings is 1. The average molecular weight is 270 g/mol. The molecular weight excluding hydrogens is 254 g/mol. The third kappa shape index (κ3) is 2.91. The van der Waals surface area contributed by atoms with Crippen molar-refractivity contribution < 1.29 is 9.53 Å². The monoisotopic (exact) mass is 269 g/mol. The zero-order valence-electron chi connectivity index (χ0n) is 10.4. The maximum absolute atomic E-state index is 12.3. The van der Waals surface area contributed by atoms with Gasteiger partial charge in [-0.1, -0.05) is 11.6 Å². The molecule has 1 unspecified atom stereocenters. The first-order valence-electron chi connectivity index (χ1n) is 5.86. The Balaban J connectivity index is 2.19. The number of aromatic nitrogens is 1. The van der Waals surface area contributed by atoms with Crippen molar-refractivity contribution in [1.82, 2.24) is 9.88 Å². The van der Waals surface area contributed by atoms with Gasteiger partial charge in [0.15, 0.2) is 0 Å². The second-order valence-electron chi connectivity index (χ2n) is 4.25. The van der Waals surface area contributed by atoms with Crippen LogP contribution >= 0.6 is 11.6 Å². The van der Waals surface area contributed by atoms with Crippen molar-refractivity contribution in [3.63, 3.8) is 0 Å². The van der Waals surface area contributed by atoms with Gasteiger partial charge in [-0.15, -0.1) is 0 Å². The molecule has 0 spiro atoms. The Morgan fingerprint density at radius 1 is 1.61 bits per heavy atom. The molecule has 5 nitrogen and oxygen atoms in total. The Morgan fingerprint density at radius 2 is 2.39 bits per heavy atom. The summed E-state index contributed by atoms with van der Waals surface area (Å²) in [6.45, 7) is 3.74. The summed E-state index contributed by atoms with van der Waals surface area (Å²) in [5.74, 6) is 0.554. The first-order valence-corrected chi connectivity index (χ1v) is 6.24. The quantitative estimate of drug-likeness (QED) is 0.830. The summed E-state index contributed by atoms with van der Waals surface area (Å²) in [7, 11) is 1.74. The van der Waals surface area contributed by atoms with E-state index in [2.05, 4.69) is 10.3 Å². The second-order valence-corrected chi connectivity index (χ2v) is 4.63. The lowest BCUT2D eigenvalue weighted by Crippen LogP contribution is -2.44. The van der Waals surface area contributed by atoms with Crippen LogP contribution in [0.5, 0.6) is 0 Å². The number of anilines is 1. The van der Waals surface area contributed by atoms with Gasteiger partial charge in [0.1, 0.15) is 11.0 Å². The van der Waals surface area contributed by atoms with Crippen LogP contribution in [-0.4, -0.2) is 48.6 Å². The molecule has 1 aliphatic rings. The van der Waals surface area contributed by atoms with Crippen molar-refractivity contribution in [3.8, 4) is 0 Å². The predicted octanol–water partition coefficient (Wildman–Crippen LogP) is 1.64. The maximum atomic E-state index is 12.3. The summed E-state index contributed by atoms with van der Waals surface area (Å²) < 4.78 is 5.42. The fourth-order valence-electron chi connectivity index (χ4n) is 1.93. The molecular formula is C12H16ClN3O2. The number of carbonyl (C=O) groups is 1. The van der Waals surface area contributed by atoms with E-state index in [1.807, 2.05) is 6.92 Å². The molecule has 6 heteroatoms. The third-order valence-electron chi connectivity index (χ3n) is 2.83. The van der Waals surface area contributed by atoms with Crippen LogP contribution in [0.25, 0.3) is 0 Å². The highest BCUT2D eigenvalue weighted by atomic mass is 35.5. The number of hydrogen-bond donors (Lipinski definition) is 1. The van der Waals surface area contributed by atoms with Crippen LogP contribution in [0.15, 0.2) is 12.1 Å². The minimum Gasteiger partial charge on any atom is -0.375 e. The second kappa shape index (κ2) is 5.54. The number of ether oxygens (including phenoxy) is 1. The summed E-state index contributed by atoms with van der Waals surface area (Å²) in [5.41, 5.74) is 0.549. The normalized spacial score (nSPS) is 19.7. The highest BCUT2D eigenvalue weighted by molar-refractivity contribution is 6.29. The van der Waals surface area contributed by atoms with Crippen LogP contribution in [0.2, 0.25) is 5.15 Å². The number of nitrogens with zero attached hydrogens (tertiary/aromatic N) is 2. The van der Waals surface area contributed by atoms with Crippen LogP contribution in [0, 0.1) is 0 Å². The first-order chi connectivity index (χ1) is 8.60. The maximum Gasteiger partial charge on any atom is 0.254 e. The Kier molecular flexibility index (Phi) is 4.04. The molecule has 1 aromatic heterocycles. The lowest BCUT2D eigenvalue weighted by molar-refractivity contribution is -0.0124. The Labute approximate surface area is 111 Å². The summed E-state index contributed by atoms with van der Waals surface area (Å²) >= 11 is 5.89. The van der Waals surface area contributed by atoms with Gasteiger partial charge >= 0.3 is 0 Å². The van der Waals surface area contributed by atoms with Crippen molar-refractivity contribution in [2.24, 2.45) is 0 Å². The van der Waals surface area contributed by atoms with Crippen LogP contribution in [0.4, 0.5) is 5.82 Å². The molecule has 98 valence electrons. The van der Waals surface area contributed by atoms with Crippen molar-refractivity contribution in [1.29, 1.82) is 0 Å². The zero-order valence-corrected chi connectivity index (χ0v) is 11.2. The van der Waals surface area contributed by atoms with Gasteiger partial charge in [-0.3, -0.25) is 4.79 Å². The van der Waals surface area contributed by atoms with Crippen LogP contribution in [0.3, 0.4) is 0 Å². The molecule has 1 aliphatic heterocycles. The molecule has 18 heavy (non-hydrogen) atoms. The lowest BCUT2D eigenvalue weighted by atomic mass is 10.2.